The van der Waals surface area contributed by atoms with Crippen molar-refractivity contribution in [3.8, 4) is 0 Å². The van der Waals surface area contributed by atoms with Gasteiger partial charge in [0, 0.05) is 10.0 Å². The molecule has 0 aliphatic rings. The van der Waals surface area contributed by atoms with E-state index in [9.17, 15) is 0 Å². The first-order valence-corrected chi connectivity index (χ1v) is 4.97. The van der Waals surface area contributed by atoms with Crippen LogP contribution < -0.4 is 5.73 Å². The molecular formula is C10H13Cl2N. The normalized spacial score (nSPS) is 10.5. The lowest BCUT2D eigenvalue weighted by atomic mass is 10.00. The molecule has 0 atom stereocenters. The number of halogens is 2. The van der Waals surface area contributed by atoms with E-state index in [1.165, 1.54) is 5.56 Å². The first kappa shape index (κ1) is 10.8. The molecule has 0 saturated carbocycles. The second-order valence-corrected chi connectivity index (χ2v) is 3.92. The van der Waals surface area contributed by atoms with Crippen LogP contribution in [0.4, 0.5) is 0 Å². The zero-order chi connectivity index (χ0) is 10.0. The Hall–Kier alpha value is -0.240. The molecule has 1 aromatic rings. The molecule has 1 aromatic carbocycles. The molecule has 2 N–H and O–H groups in total. The molecule has 0 fully saturated rings. The lowest BCUT2D eigenvalue weighted by Crippen LogP contribution is -2.06. The Bertz CT molecular complexity index is 295. The minimum Gasteiger partial charge on any atom is -0.330 e. The number of hydrogen-bond acceptors (Lipinski definition) is 1. The van der Waals surface area contributed by atoms with Crippen molar-refractivity contribution in [1.29, 1.82) is 0 Å². The van der Waals surface area contributed by atoms with Gasteiger partial charge in [-0.25, -0.2) is 0 Å². The second kappa shape index (κ2) is 4.32. The number of nitrogens with two attached hydrogens (primary N) is 1. The van der Waals surface area contributed by atoms with Crippen molar-refractivity contribution in [2.24, 2.45) is 5.73 Å². The van der Waals surface area contributed by atoms with Crippen molar-refractivity contribution in [2.75, 3.05) is 6.54 Å². The summed E-state index contributed by atoms with van der Waals surface area (Å²) in [7, 11) is 0. The van der Waals surface area contributed by atoms with Crippen molar-refractivity contribution in [3.63, 3.8) is 0 Å². The van der Waals surface area contributed by atoms with Crippen molar-refractivity contribution in [3.05, 3.63) is 32.8 Å². The highest BCUT2D eigenvalue weighted by molar-refractivity contribution is 6.35. The Kier molecular flexibility index (Phi) is 3.60. The van der Waals surface area contributed by atoms with E-state index in [1.54, 1.807) is 6.07 Å². The molecule has 0 bridgehead atoms. The lowest BCUT2D eigenvalue weighted by molar-refractivity contribution is 0.947. The fourth-order valence-corrected chi connectivity index (χ4v) is 1.92. The molecule has 1 rings (SSSR count). The van der Waals surface area contributed by atoms with Gasteiger partial charge in [0.25, 0.3) is 0 Å². The van der Waals surface area contributed by atoms with E-state index in [2.05, 4.69) is 0 Å². The van der Waals surface area contributed by atoms with Crippen LogP contribution in [0.5, 0.6) is 0 Å². The predicted molar refractivity (Wildman–Crippen MR) is 58.7 cm³/mol. The van der Waals surface area contributed by atoms with Gasteiger partial charge in [0.1, 0.15) is 0 Å². The molecule has 0 aliphatic carbocycles. The van der Waals surface area contributed by atoms with E-state index >= 15 is 0 Å². The zero-order valence-corrected chi connectivity index (χ0v) is 9.34. The quantitative estimate of drug-likeness (QED) is 0.810. The molecular weight excluding hydrogens is 205 g/mol. The van der Waals surface area contributed by atoms with Gasteiger partial charge >= 0.3 is 0 Å². The molecule has 0 heterocycles. The molecule has 0 aliphatic heterocycles. The Labute approximate surface area is 88.8 Å². The number of benzene rings is 1. The summed E-state index contributed by atoms with van der Waals surface area (Å²) in [4.78, 5) is 0. The lowest BCUT2D eigenvalue weighted by Gasteiger charge is -2.11. The monoisotopic (exact) mass is 217 g/mol. The van der Waals surface area contributed by atoms with Crippen molar-refractivity contribution in [2.45, 2.75) is 20.3 Å². The highest BCUT2D eigenvalue weighted by atomic mass is 35.5. The van der Waals surface area contributed by atoms with Crippen LogP contribution in [0.15, 0.2) is 6.07 Å². The Morgan fingerprint density at radius 2 is 1.62 bits per heavy atom. The van der Waals surface area contributed by atoms with Gasteiger partial charge in [-0.1, -0.05) is 23.2 Å². The molecule has 0 aromatic heterocycles. The van der Waals surface area contributed by atoms with Gasteiger partial charge in [0.2, 0.25) is 0 Å². The van der Waals surface area contributed by atoms with E-state index in [1.807, 2.05) is 13.8 Å². The average molecular weight is 218 g/mol. The van der Waals surface area contributed by atoms with E-state index in [0.29, 0.717) is 6.54 Å². The van der Waals surface area contributed by atoms with E-state index in [0.717, 1.165) is 27.6 Å². The third-order valence-electron chi connectivity index (χ3n) is 2.27. The maximum Gasteiger partial charge on any atom is 0.0452 e. The van der Waals surface area contributed by atoms with E-state index in [4.69, 9.17) is 28.9 Å². The van der Waals surface area contributed by atoms with Crippen LogP contribution in [0.1, 0.15) is 16.7 Å². The Morgan fingerprint density at radius 3 is 2.00 bits per heavy atom. The van der Waals surface area contributed by atoms with Crippen LogP contribution >= 0.6 is 23.2 Å². The fourth-order valence-electron chi connectivity index (χ4n) is 1.42. The fraction of sp³-hybridized carbons (Fsp3) is 0.400. The third-order valence-corrected chi connectivity index (χ3v) is 3.05. The molecule has 0 spiro atoms. The largest absolute Gasteiger partial charge is 0.330 e. The number of rotatable bonds is 2. The summed E-state index contributed by atoms with van der Waals surface area (Å²) < 4.78 is 0. The molecule has 1 nitrogen and oxygen atoms in total. The highest BCUT2D eigenvalue weighted by Gasteiger charge is 2.09. The van der Waals surface area contributed by atoms with E-state index < -0.39 is 0 Å². The molecule has 13 heavy (non-hydrogen) atoms. The Balaban J connectivity index is 3.28. The second-order valence-electron chi connectivity index (χ2n) is 3.11. The summed E-state index contributed by atoms with van der Waals surface area (Å²) in [6, 6.07) is 1.79. The Morgan fingerprint density at radius 1 is 1.15 bits per heavy atom. The van der Waals surface area contributed by atoms with Crippen LogP contribution in [0.25, 0.3) is 0 Å². The molecule has 0 radical (unpaired) electrons. The summed E-state index contributed by atoms with van der Waals surface area (Å²) in [5, 5.41) is 1.44. The van der Waals surface area contributed by atoms with Crippen LogP contribution in [0.2, 0.25) is 10.0 Å². The first-order chi connectivity index (χ1) is 6.07. The summed E-state index contributed by atoms with van der Waals surface area (Å²) in [6.07, 6.45) is 0.831. The topological polar surface area (TPSA) is 26.0 Å². The highest BCUT2D eigenvalue weighted by Crippen LogP contribution is 2.29. The third kappa shape index (κ3) is 2.16. The maximum absolute atomic E-state index is 6.00. The molecule has 0 unspecified atom stereocenters. The van der Waals surface area contributed by atoms with Gasteiger partial charge in [-0.15, -0.1) is 0 Å². The first-order valence-electron chi connectivity index (χ1n) is 4.22. The summed E-state index contributed by atoms with van der Waals surface area (Å²) in [5.74, 6) is 0. The molecule has 0 saturated heterocycles. The predicted octanol–water partition coefficient (Wildman–Crippen LogP) is 3.11. The van der Waals surface area contributed by atoms with E-state index in [-0.39, 0.29) is 0 Å². The van der Waals surface area contributed by atoms with Gasteiger partial charge in [-0.05, 0) is 49.6 Å². The van der Waals surface area contributed by atoms with Crippen molar-refractivity contribution in [1.82, 2.24) is 0 Å². The van der Waals surface area contributed by atoms with Crippen LogP contribution in [0, 0.1) is 13.8 Å². The minimum atomic E-state index is 0.623. The molecule has 0 amide bonds. The van der Waals surface area contributed by atoms with Gasteiger partial charge in [-0.3, -0.25) is 0 Å². The van der Waals surface area contributed by atoms with Gasteiger partial charge in [0.05, 0.1) is 0 Å². The smallest absolute Gasteiger partial charge is 0.0452 e. The van der Waals surface area contributed by atoms with Crippen molar-refractivity contribution < 1.29 is 0 Å². The maximum atomic E-state index is 6.00. The summed E-state index contributed by atoms with van der Waals surface area (Å²) in [6.45, 7) is 4.62. The minimum absolute atomic E-state index is 0.623. The van der Waals surface area contributed by atoms with Crippen molar-refractivity contribution >= 4 is 23.2 Å². The SMILES string of the molecule is Cc1c(Cl)cc(Cl)c(C)c1CCN. The molecule has 3 heteroatoms. The summed E-state index contributed by atoms with van der Waals surface area (Å²) in [5.41, 5.74) is 8.88. The van der Waals surface area contributed by atoms with Gasteiger partial charge < -0.3 is 5.73 Å². The summed E-state index contributed by atoms with van der Waals surface area (Å²) >= 11 is 12.0. The van der Waals surface area contributed by atoms with Crippen LogP contribution in [0.3, 0.4) is 0 Å². The molecule has 72 valence electrons. The van der Waals surface area contributed by atoms with Gasteiger partial charge in [-0.2, -0.15) is 0 Å². The average Bonchev–Trinajstić information content (AvgIpc) is 2.09. The van der Waals surface area contributed by atoms with Crippen LogP contribution in [-0.4, -0.2) is 6.54 Å². The zero-order valence-electron chi connectivity index (χ0n) is 7.82. The number of hydrogen-bond donors (Lipinski definition) is 1. The van der Waals surface area contributed by atoms with Gasteiger partial charge in [0.15, 0.2) is 0 Å². The van der Waals surface area contributed by atoms with Crippen LogP contribution in [-0.2, 0) is 6.42 Å². The standard InChI is InChI=1S/C10H13Cl2N/c1-6-8(3-4-13)7(2)10(12)5-9(6)11/h5H,3-4,13H2,1-2H3.